The van der Waals surface area contributed by atoms with Crippen LogP contribution in [0.4, 0.5) is 0 Å². The maximum Gasteiger partial charge on any atom is 0.472 e. The first-order valence-electron chi connectivity index (χ1n) is 29.4. The molecule has 2 unspecified atom stereocenters. The molecule has 0 aromatic rings. The lowest BCUT2D eigenvalue weighted by Gasteiger charge is -2.20. The Morgan fingerprint density at radius 3 is 1.20 bits per heavy atom. The molecule has 0 bridgehead atoms. The molecule has 0 spiro atoms. The van der Waals surface area contributed by atoms with E-state index >= 15 is 0 Å². The second kappa shape index (κ2) is 57.8. The quantitative estimate of drug-likeness (QED) is 0.0268. The van der Waals surface area contributed by atoms with E-state index in [2.05, 4.69) is 86.8 Å². The van der Waals surface area contributed by atoms with Gasteiger partial charge in [-0.2, -0.15) is 0 Å². The minimum atomic E-state index is -4.29. The summed E-state index contributed by atoms with van der Waals surface area (Å²) in [4.78, 5) is 22.7. The van der Waals surface area contributed by atoms with Crippen LogP contribution in [0.1, 0.15) is 271 Å². The summed E-state index contributed by atoms with van der Waals surface area (Å²) in [5.41, 5.74) is 5.41. The summed E-state index contributed by atoms with van der Waals surface area (Å²) in [5, 5.41) is 0. The van der Waals surface area contributed by atoms with E-state index in [-0.39, 0.29) is 32.3 Å². The molecule has 3 N–H and O–H groups in total. The largest absolute Gasteiger partial charge is 0.472 e. The Kier molecular flexibility index (Phi) is 56.1. The summed E-state index contributed by atoms with van der Waals surface area (Å²) in [6.45, 7) is 4.83. The first-order valence-corrected chi connectivity index (χ1v) is 30.9. The van der Waals surface area contributed by atoms with Crippen molar-refractivity contribution in [3.8, 4) is 0 Å². The molecule has 0 heterocycles. The zero-order valence-electron chi connectivity index (χ0n) is 45.7. The normalized spacial score (nSPS) is 13.7. The first kappa shape index (κ1) is 67.9. The number of carbonyl (C=O) groups excluding carboxylic acids is 1. The molecule has 0 aromatic heterocycles. The molecule has 8 nitrogen and oxygen atoms in total. The average Bonchev–Trinajstić information content (AvgIpc) is 3.35. The predicted octanol–water partition coefficient (Wildman–Crippen LogP) is 19.0. The summed E-state index contributed by atoms with van der Waals surface area (Å²) in [6.07, 6.45) is 75.3. The van der Waals surface area contributed by atoms with E-state index in [1.54, 1.807) is 0 Å². The third-order valence-corrected chi connectivity index (χ3v) is 13.6. The number of ether oxygens (including phenoxy) is 2. The number of hydrogen-bond acceptors (Lipinski definition) is 7. The van der Waals surface area contributed by atoms with Crippen LogP contribution in [0.15, 0.2) is 72.9 Å². The van der Waals surface area contributed by atoms with Crippen LogP contribution in [0, 0.1) is 0 Å². The third kappa shape index (κ3) is 56.8. The van der Waals surface area contributed by atoms with Gasteiger partial charge in [0.25, 0.3) is 0 Å². The van der Waals surface area contributed by atoms with Gasteiger partial charge in [0.1, 0.15) is 6.10 Å². The number of phosphoric acid groups is 1. The van der Waals surface area contributed by atoms with Crippen LogP contribution in [-0.4, -0.2) is 49.9 Å². The van der Waals surface area contributed by atoms with Gasteiger partial charge in [-0.05, 0) is 83.5 Å². The fourth-order valence-corrected chi connectivity index (χ4v) is 9.08. The van der Waals surface area contributed by atoms with Crippen molar-refractivity contribution < 1.29 is 32.8 Å². The number of nitrogens with two attached hydrogens (primary N) is 1. The maximum atomic E-state index is 12.7. The zero-order chi connectivity index (χ0) is 50.8. The van der Waals surface area contributed by atoms with Gasteiger partial charge in [-0.25, -0.2) is 4.57 Å². The third-order valence-electron chi connectivity index (χ3n) is 12.6. The van der Waals surface area contributed by atoms with Gasteiger partial charge in [0.15, 0.2) is 0 Å². The highest BCUT2D eigenvalue weighted by molar-refractivity contribution is 7.47. The molecule has 0 aliphatic heterocycles. The molecule has 0 saturated heterocycles. The van der Waals surface area contributed by atoms with Crippen LogP contribution >= 0.6 is 7.82 Å². The van der Waals surface area contributed by atoms with Crippen molar-refractivity contribution in [3.63, 3.8) is 0 Å². The first-order chi connectivity index (χ1) is 34.4. The Balaban J connectivity index is 3.87. The minimum Gasteiger partial charge on any atom is -0.457 e. The van der Waals surface area contributed by atoms with E-state index in [1.165, 1.54) is 186 Å². The summed E-state index contributed by atoms with van der Waals surface area (Å²) in [6, 6.07) is 0. The lowest BCUT2D eigenvalue weighted by atomic mass is 10.0. The summed E-state index contributed by atoms with van der Waals surface area (Å²) >= 11 is 0. The number of hydrogen-bond donors (Lipinski definition) is 2. The topological polar surface area (TPSA) is 117 Å². The van der Waals surface area contributed by atoms with E-state index in [0.717, 1.165) is 64.2 Å². The number of rotatable bonds is 56. The van der Waals surface area contributed by atoms with Crippen molar-refractivity contribution >= 4 is 13.8 Å². The predicted molar refractivity (Wildman–Crippen MR) is 302 cm³/mol. The van der Waals surface area contributed by atoms with Crippen LogP contribution < -0.4 is 5.73 Å². The molecule has 70 heavy (non-hydrogen) atoms. The smallest absolute Gasteiger partial charge is 0.457 e. The van der Waals surface area contributed by atoms with Crippen LogP contribution in [0.25, 0.3) is 0 Å². The van der Waals surface area contributed by atoms with Crippen molar-refractivity contribution in [2.24, 2.45) is 5.73 Å². The highest BCUT2D eigenvalue weighted by Crippen LogP contribution is 2.43. The Labute approximate surface area is 433 Å². The van der Waals surface area contributed by atoms with Crippen LogP contribution in [-0.2, 0) is 27.9 Å². The van der Waals surface area contributed by atoms with Crippen LogP contribution in [0.3, 0.4) is 0 Å². The lowest BCUT2D eigenvalue weighted by molar-refractivity contribution is -0.154. The molecule has 0 radical (unpaired) electrons. The van der Waals surface area contributed by atoms with Gasteiger partial charge in [-0.1, -0.05) is 254 Å². The van der Waals surface area contributed by atoms with E-state index < -0.39 is 13.9 Å². The van der Waals surface area contributed by atoms with Gasteiger partial charge in [-0.15, -0.1) is 0 Å². The number of carbonyl (C=O) groups is 1. The van der Waals surface area contributed by atoms with Gasteiger partial charge in [0.2, 0.25) is 0 Å². The van der Waals surface area contributed by atoms with E-state index in [1.807, 2.05) is 0 Å². The van der Waals surface area contributed by atoms with Gasteiger partial charge < -0.3 is 20.1 Å². The van der Waals surface area contributed by atoms with Crippen molar-refractivity contribution in [1.82, 2.24) is 0 Å². The number of esters is 1. The fraction of sp³-hybridized carbons (Fsp3) is 0.787. The zero-order valence-corrected chi connectivity index (χ0v) is 46.6. The Hall–Kier alpha value is -2.06. The molecule has 2 atom stereocenters. The molecular formula is C61H112NO7P. The average molecular weight is 1000 g/mol. The minimum absolute atomic E-state index is 0.0975. The monoisotopic (exact) mass is 1000 g/mol. The molecule has 0 rings (SSSR count). The number of allylic oxidation sites excluding steroid dienone is 12. The van der Waals surface area contributed by atoms with Crippen molar-refractivity contribution in [2.45, 2.75) is 277 Å². The molecule has 0 aliphatic carbocycles. The van der Waals surface area contributed by atoms with E-state index in [0.29, 0.717) is 13.0 Å². The fourth-order valence-electron chi connectivity index (χ4n) is 8.32. The highest BCUT2D eigenvalue weighted by Gasteiger charge is 2.25. The Bertz CT molecular complexity index is 1310. The van der Waals surface area contributed by atoms with Crippen molar-refractivity contribution in [1.29, 1.82) is 0 Å². The second-order valence-electron chi connectivity index (χ2n) is 19.5. The van der Waals surface area contributed by atoms with Gasteiger partial charge in [0.05, 0.1) is 19.8 Å². The van der Waals surface area contributed by atoms with Crippen LogP contribution in [0.5, 0.6) is 0 Å². The van der Waals surface area contributed by atoms with E-state index in [4.69, 9.17) is 24.3 Å². The lowest BCUT2D eigenvalue weighted by Crippen LogP contribution is -2.28. The summed E-state index contributed by atoms with van der Waals surface area (Å²) < 4.78 is 33.7. The SMILES string of the molecule is CC/C=C\C/C=C\C/C=C\C/C=C\CCCCCCCCCCCCCCC(=O)OC(COCCCCCCCCCCCCCCCC/C=C\C/C=C\CCCCCCC)COP(=O)(O)OCCN. The molecule has 408 valence electrons. The number of unbranched alkanes of at least 4 members (excludes halogenated alkanes) is 31. The maximum absolute atomic E-state index is 12.7. The second-order valence-corrected chi connectivity index (χ2v) is 20.9. The Morgan fingerprint density at radius 2 is 0.800 bits per heavy atom. The number of phosphoric ester groups is 1. The van der Waals surface area contributed by atoms with Gasteiger partial charge >= 0.3 is 13.8 Å². The molecule has 0 amide bonds. The summed E-state index contributed by atoms with van der Waals surface area (Å²) in [7, 11) is -4.29. The molecule has 0 aromatic carbocycles. The molecule has 0 saturated carbocycles. The molecular weight excluding hydrogens is 890 g/mol. The van der Waals surface area contributed by atoms with Gasteiger partial charge in [-0.3, -0.25) is 13.8 Å². The highest BCUT2D eigenvalue weighted by atomic mass is 31.2. The standard InChI is InChI=1S/C61H112NO7P/c1-3-5-7-9-11-13-15-17-19-21-23-25-27-29-31-33-35-37-39-41-43-45-47-49-51-53-56-66-58-60(59-68-70(64,65)67-57-55-62)69-61(63)54-52-50-48-46-44-42-40-38-36-34-32-30-28-26-24-22-20-18-16-14-12-10-8-6-4-2/h6,8,12,14-15,17-18,20-21,23-24,26,60H,3-5,7,9-11,13,16,19,22,25,27-59,62H2,1-2H3,(H,64,65)/b8-6-,14-12-,17-15-,20-18-,23-21-,26-24-. The van der Waals surface area contributed by atoms with Crippen LogP contribution in [0.2, 0.25) is 0 Å². The van der Waals surface area contributed by atoms with E-state index in [9.17, 15) is 14.3 Å². The van der Waals surface area contributed by atoms with Crippen molar-refractivity contribution in [3.05, 3.63) is 72.9 Å². The van der Waals surface area contributed by atoms with Gasteiger partial charge in [0, 0.05) is 19.6 Å². The van der Waals surface area contributed by atoms with Crippen molar-refractivity contribution in [2.75, 3.05) is 33.0 Å². The molecule has 0 fully saturated rings. The summed E-state index contributed by atoms with van der Waals surface area (Å²) in [5.74, 6) is -0.331. The molecule has 0 aliphatic rings. The molecule has 9 heteroatoms. The Morgan fingerprint density at radius 1 is 0.443 bits per heavy atom.